The molecule has 1 unspecified atom stereocenters. The van der Waals surface area contributed by atoms with Gasteiger partial charge in [-0.2, -0.15) is 11.3 Å². The van der Waals surface area contributed by atoms with Gasteiger partial charge in [0, 0.05) is 43.4 Å². The van der Waals surface area contributed by atoms with Crippen LogP contribution in [-0.4, -0.2) is 56.1 Å². The summed E-state index contributed by atoms with van der Waals surface area (Å²) in [5, 5.41) is 3.86. The van der Waals surface area contributed by atoms with Gasteiger partial charge in [0.2, 0.25) is 0 Å². The largest absolute Gasteiger partial charge is 0.444 e. The zero-order valence-electron chi connectivity index (χ0n) is 18.8. The lowest BCUT2D eigenvalue weighted by atomic mass is 9.92. The molecule has 1 aliphatic carbocycles. The number of ether oxygens (including phenoxy) is 1. The Labute approximate surface area is 188 Å². The first-order chi connectivity index (χ1) is 14.7. The number of nitrogens with zero attached hydrogens (tertiary/aromatic N) is 4. The van der Waals surface area contributed by atoms with Crippen molar-refractivity contribution in [3.63, 3.8) is 0 Å². The van der Waals surface area contributed by atoms with Crippen LogP contribution in [0.4, 0.5) is 4.79 Å². The third-order valence-electron chi connectivity index (χ3n) is 6.42. The van der Waals surface area contributed by atoms with Crippen molar-refractivity contribution in [3.8, 4) is 0 Å². The summed E-state index contributed by atoms with van der Waals surface area (Å²) in [6.45, 7) is 10.4. The number of hydrogen-bond donors (Lipinski definition) is 0. The van der Waals surface area contributed by atoms with E-state index in [1.807, 2.05) is 48.7 Å². The second-order valence-corrected chi connectivity index (χ2v) is 10.4. The van der Waals surface area contributed by atoms with Crippen LogP contribution in [0.5, 0.6) is 0 Å². The molecule has 8 heteroatoms. The predicted molar refractivity (Wildman–Crippen MR) is 120 cm³/mol. The first-order valence-electron chi connectivity index (χ1n) is 11.0. The Morgan fingerprint density at radius 3 is 2.68 bits per heavy atom. The van der Waals surface area contributed by atoms with Gasteiger partial charge in [0.15, 0.2) is 0 Å². The second kappa shape index (κ2) is 8.30. The Kier molecular flexibility index (Phi) is 5.85. The summed E-state index contributed by atoms with van der Waals surface area (Å²) >= 11 is 1.54. The van der Waals surface area contributed by atoms with Gasteiger partial charge < -0.3 is 19.1 Å². The average Bonchev–Trinajstić information content (AvgIpc) is 3.11. The van der Waals surface area contributed by atoms with E-state index < -0.39 is 5.60 Å². The van der Waals surface area contributed by atoms with E-state index in [4.69, 9.17) is 4.74 Å². The molecule has 0 radical (unpaired) electrons. The molecule has 1 atom stereocenters. The number of piperidine rings is 1. The molecule has 2 aromatic rings. The topological polar surface area (TPSA) is 67.7 Å². The van der Waals surface area contributed by atoms with Crippen LogP contribution in [0.15, 0.2) is 29.2 Å². The van der Waals surface area contributed by atoms with E-state index in [0.717, 1.165) is 37.2 Å². The van der Waals surface area contributed by atoms with Crippen LogP contribution in [0.1, 0.15) is 63.1 Å². The summed E-state index contributed by atoms with van der Waals surface area (Å²) in [5.74, 6) is 0.989. The lowest BCUT2D eigenvalue weighted by Gasteiger charge is -2.35. The number of rotatable bonds is 5. The third kappa shape index (κ3) is 4.63. The minimum absolute atomic E-state index is 0.0725. The summed E-state index contributed by atoms with van der Waals surface area (Å²) in [6.07, 6.45) is 6.30. The van der Waals surface area contributed by atoms with E-state index in [0.29, 0.717) is 19.6 Å². The molecule has 0 N–H and O–H groups in total. The van der Waals surface area contributed by atoms with E-state index in [2.05, 4.69) is 16.5 Å². The Balaban J connectivity index is 1.47. The normalized spacial score (nSPS) is 20.0. The fraction of sp³-hybridized carbons (Fsp3) is 0.609. The molecule has 4 rings (SSSR count). The number of likely N-dealkylation sites (tertiary alicyclic amines) is 1. The molecule has 2 fully saturated rings. The monoisotopic (exact) mass is 444 g/mol. The molecule has 0 bridgehead atoms. The van der Waals surface area contributed by atoms with Gasteiger partial charge in [-0.3, -0.25) is 4.79 Å². The maximum absolute atomic E-state index is 13.4. The molecule has 2 amide bonds. The van der Waals surface area contributed by atoms with Crippen LogP contribution in [-0.2, 0) is 17.8 Å². The number of hydrogen-bond acceptors (Lipinski definition) is 5. The minimum Gasteiger partial charge on any atom is -0.444 e. The number of thiophene rings is 1. The van der Waals surface area contributed by atoms with Crippen molar-refractivity contribution in [2.75, 3.05) is 13.1 Å². The highest BCUT2D eigenvalue weighted by Crippen LogP contribution is 2.57. The van der Waals surface area contributed by atoms with Crippen LogP contribution >= 0.6 is 11.3 Å². The van der Waals surface area contributed by atoms with Gasteiger partial charge in [-0.05, 0) is 63.8 Å². The summed E-state index contributed by atoms with van der Waals surface area (Å²) in [7, 11) is 0. The Morgan fingerprint density at radius 2 is 2.06 bits per heavy atom. The number of aromatic nitrogens is 2. The fourth-order valence-corrected chi connectivity index (χ4v) is 5.20. The number of aryl methyl sites for hydroxylation is 1. The standard InChI is InChI=1S/C23H32N4O3S/c1-5-25-12-9-24-19(25)15-27(20(28)17-6-13-31-16-17)18-14-23(18)7-10-26(11-8-23)21(29)30-22(2,3)4/h6,9,12-13,16,18H,5,7-8,10-11,14-15H2,1-4H3. The molecule has 7 nitrogen and oxygen atoms in total. The van der Waals surface area contributed by atoms with Crippen molar-refractivity contribution < 1.29 is 14.3 Å². The molecule has 3 heterocycles. The van der Waals surface area contributed by atoms with Crippen molar-refractivity contribution in [3.05, 3.63) is 40.6 Å². The second-order valence-electron chi connectivity index (χ2n) is 9.62. The first kappa shape index (κ1) is 21.9. The third-order valence-corrected chi connectivity index (χ3v) is 7.10. The van der Waals surface area contributed by atoms with Gasteiger partial charge in [-0.1, -0.05) is 0 Å². The van der Waals surface area contributed by atoms with Gasteiger partial charge in [0.1, 0.15) is 11.4 Å². The van der Waals surface area contributed by atoms with Gasteiger partial charge in [0.05, 0.1) is 12.1 Å². The summed E-state index contributed by atoms with van der Waals surface area (Å²) in [5.41, 5.74) is 0.348. The lowest BCUT2D eigenvalue weighted by molar-refractivity contribution is 0.0153. The number of amides is 2. The molecule has 168 valence electrons. The van der Waals surface area contributed by atoms with Crippen molar-refractivity contribution >= 4 is 23.3 Å². The van der Waals surface area contributed by atoms with E-state index in [1.54, 1.807) is 22.4 Å². The highest BCUT2D eigenvalue weighted by atomic mass is 32.1. The van der Waals surface area contributed by atoms with Gasteiger partial charge in [0.25, 0.3) is 5.91 Å². The molecule has 1 saturated carbocycles. The molecule has 1 spiro atoms. The highest BCUT2D eigenvalue weighted by molar-refractivity contribution is 7.08. The van der Waals surface area contributed by atoms with Crippen LogP contribution in [0.2, 0.25) is 0 Å². The van der Waals surface area contributed by atoms with E-state index in [9.17, 15) is 9.59 Å². The maximum Gasteiger partial charge on any atom is 0.410 e. The smallest absolute Gasteiger partial charge is 0.410 e. The maximum atomic E-state index is 13.4. The van der Waals surface area contributed by atoms with E-state index >= 15 is 0 Å². The Hall–Kier alpha value is -2.35. The van der Waals surface area contributed by atoms with E-state index in [1.165, 1.54) is 0 Å². The summed E-state index contributed by atoms with van der Waals surface area (Å²) in [6, 6.07) is 2.08. The number of carbonyl (C=O) groups is 2. The van der Waals surface area contributed by atoms with E-state index in [-0.39, 0.29) is 23.5 Å². The van der Waals surface area contributed by atoms with Crippen molar-refractivity contribution in [2.24, 2.45) is 5.41 Å². The number of imidazole rings is 1. The SMILES string of the molecule is CCn1ccnc1CN(C(=O)c1ccsc1)C1CC12CCN(C(=O)OC(C)(C)C)CC2. The zero-order chi connectivity index (χ0) is 22.2. The molecule has 1 saturated heterocycles. The van der Waals surface area contributed by atoms with Gasteiger partial charge in [-0.15, -0.1) is 0 Å². The molecule has 2 aliphatic rings. The fourth-order valence-electron chi connectivity index (χ4n) is 4.57. The molecule has 31 heavy (non-hydrogen) atoms. The molecule has 0 aromatic carbocycles. The Morgan fingerprint density at radius 1 is 1.32 bits per heavy atom. The van der Waals surface area contributed by atoms with Gasteiger partial charge in [-0.25, -0.2) is 9.78 Å². The summed E-state index contributed by atoms with van der Waals surface area (Å²) < 4.78 is 7.63. The van der Waals surface area contributed by atoms with Crippen LogP contribution in [0, 0.1) is 5.41 Å². The molecule has 2 aromatic heterocycles. The van der Waals surface area contributed by atoms with Crippen LogP contribution in [0.25, 0.3) is 0 Å². The highest BCUT2D eigenvalue weighted by Gasteiger charge is 2.59. The Bertz CT molecular complexity index is 923. The quantitative estimate of drug-likeness (QED) is 0.686. The van der Waals surface area contributed by atoms with Crippen molar-refractivity contribution in [2.45, 2.75) is 71.7 Å². The molecule has 1 aliphatic heterocycles. The minimum atomic E-state index is -0.487. The van der Waals surface area contributed by atoms with Gasteiger partial charge >= 0.3 is 6.09 Å². The zero-order valence-corrected chi connectivity index (χ0v) is 19.7. The summed E-state index contributed by atoms with van der Waals surface area (Å²) in [4.78, 5) is 34.1. The molecular weight excluding hydrogens is 412 g/mol. The molecular formula is C23H32N4O3S. The van der Waals surface area contributed by atoms with Crippen LogP contribution in [0.3, 0.4) is 0 Å². The van der Waals surface area contributed by atoms with Crippen molar-refractivity contribution in [1.29, 1.82) is 0 Å². The lowest BCUT2D eigenvalue weighted by Crippen LogP contribution is -2.44. The first-order valence-corrected chi connectivity index (χ1v) is 12.0. The van der Waals surface area contributed by atoms with Crippen LogP contribution < -0.4 is 0 Å². The number of carbonyl (C=O) groups excluding carboxylic acids is 2. The predicted octanol–water partition coefficient (Wildman–Crippen LogP) is 4.40. The average molecular weight is 445 g/mol. The van der Waals surface area contributed by atoms with Crippen molar-refractivity contribution in [1.82, 2.24) is 19.4 Å².